The number of nitrogens with two attached hydrogens (primary N) is 1. The second-order valence-electron chi connectivity index (χ2n) is 3.62. The summed E-state index contributed by atoms with van der Waals surface area (Å²) in [5, 5.41) is 9.20. The molecule has 0 aliphatic carbocycles. The topological polar surface area (TPSA) is 46.2 Å². The second-order valence-corrected chi connectivity index (χ2v) is 4.54. The number of hydrogen-bond donors (Lipinski definition) is 2. The molecule has 3 heteroatoms. The quantitative estimate of drug-likeness (QED) is 0.886. The SMILES string of the molecule is N[C@H](c1ccc(O)cc1)c1cccc(Br)c1. The minimum Gasteiger partial charge on any atom is -0.508 e. The van der Waals surface area contributed by atoms with Crippen molar-refractivity contribution in [3.8, 4) is 5.75 Å². The highest BCUT2D eigenvalue weighted by atomic mass is 79.9. The molecule has 0 saturated carbocycles. The number of phenols is 1. The summed E-state index contributed by atoms with van der Waals surface area (Å²) in [6.07, 6.45) is 0. The van der Waals surface area contributed by atoms with E-state index in [9.17, 15) is 5.11 Å². The molecular formula is C13H12BrNO. The summed E-state index contributed by atoms with van der Waals surface area (Å²) in [4.78, 5) is 0. The van der Waals surface area contributed by atoms with Crippen molar-refractivity contribution in [1.29, 1.82) is 0 Å². The smallest absolute Gasteiger partial charge is 0.115 e. The number of aromatic hydroxyl groups is 1. The molecule has 0 aliphatic rings. The van der Waals surface area contributed by atoms with Crippen LogP contribution in [0.2, 0.25) is 0 Å². The Bertz CT molecular complexity index is 482. The van der Waals surface area contributed by atoms with E-state index >= 15 is 0 Å². The molecule has 16 heavy (non-hydrogen) atoms. The van der Waals surface area contributed by atoms with E-state index in [4.69, 9.17) is 5.73 Å². The lowest BCUT2D eigenvalue weighted by molar-refractivity contribution is 0.475. The minimum absolute atomic E-state index is 0.168. The Hall–Kier alpha value is -1.32. The lowest BCUT2D eigenvalue weighted by Gasteiger charge is -2.12. The maximum atomic E-state index is 9.20. The van der Waals surface area contributed by atoms with E-state index in [-0.39, 0.29) is 11.8 Å². The number of benzene rings is 2. The van der Waals surface area contributed by atoms with Gasteiger partial charge in [0, 0.05) is 4.47 Å². The third-order valence-corrected chi connectivity index (χ3v) is 2.95. The van der Waals surface area contributed by atoms with Gasteiger partial charge in [-0.15, -0.1) is 0 Å². The molecule has 2 rings (SSSR count). The molecular weight excluding hydrogens is 266 g/mol. The summed E-state index contributed by atoms with van der Waals surface area (Å²) >= 11 is 3.42. The molecule has 2 nitrogen and oxygen atoms in total. The van der Waals surface area contributed by atoms with E-state index in [0.717, 1.165) is 15.6 Å². The van der Waals surface area contributed by atoms with Crippen LogP contribution in [-0.4, -0.2) is 5.11 Å². The molecule has 0 saturated heterocycles. The van der Waals surface area contributed by atoms with Crippen LogP contribution in [0.1, 0.15) is 17.2 Å². The van der Waals surface area contributed by atoms with E-state index in [0.29, 0.717) is 0 Å². The van der Waals surface area contributed by atoms with Gasteiger partial charge in [0.1, 0.15) is 5.75 Å². The molecule has 0 aromatic heterocycles. The Morgan fingerprint density at radius 2 is 1.69 bits per heavy atom. The third-order valence-electron chi connectivity index (χ3n) is 2.46. The van der Waals surface area contributed by atoms with Crippen LogP contribution in [0.5, 0.6) is 5.75 Å². The number of rotatable bonds is 2. The average molecular weight is 278 g/mol. The highest BCUT2D eigenvalue weighted by Crippen LogP contribution is 2.23. The Morgan fingerprint density at radius 3 is 2.31 bits per heavy atom. The van der Waals surface area contributed by atoms with Crippen LogP contribution < -0.4 is 5.73 Å². The maximum absolute atomic E-state index is 9.20. The molecule has 0 radical (unpaired) electrons. The first-order valence-electron chi connectivity index (χ1n) is 4.97. The van der Waals surface area contributed by atoms with E-state index in [2.05, 4.69) is 15.9 Å². The van der Waals surface area contributed by atoms with Crippen LogP contribution in [0, 0.1) is 0 Å². The molecule has 0 spiro atoms. The van der Waals surface area contributed by atoms with Crippen LogP contribution in [-0.2, 0) is 0 Å². The molecule has 0 bridgehead atoms. The zero-order valence-corrected chi connectivity index (χ0v) is 10.2. The fourth-order valence-electron chi connectivity index (χ4n) is 1.57. The Balaban J connectivity index is 2.31. The van der Waals surface area contributed by atoms with Crippen molar-refractivity contribution in [3.63, 3.8) is 0 Å². The highest BCUT2D eigenvalue weighted by molar-refractivity contribution is 9.10. The number of halogens is 1. The second kappa shape index (κ2) is 4.68. The third kappa shape index (κ3) is 2.43. The molecule has 3 N–H and O–H groups in total. The number of hydrogen-bond acceptors (Lipinski definition) is 2. The van der Waals surface area contributed by atoms with Crippen molar-refractivity contribution < 1.29 is 5.11 Å². The Morgan fingerprint density at radius 1 is 1.00 bits per heavy atom. The van der Waals surface area contributed by atoms with Gasteiger partial charge in [0.15, 0.2) is 0 Å². The molecule has 0 amide bonds. The van der Waals surface area contributed by atoms with Gasteiger partial charge in [0.25, 0.3) is 0 Å². The van der Waals surface area contributed by atoms with Crippen LogP contribution in [0.25, 0.3) is 0 Å². The van der Waals surface area contributed by atoms with Crippen molar-refractivity contribution in [3.05, 3.63) is 64.1 Å². The molecule has 1 atom stereocenters. The van der Waals surface area contributed by atoms with Gasteiger partial charge >= 0.3 is 0 Å². The monoisotopic (exact) mass is 277 g/mol. The van der Waals surface area contributed by atoms with Crippen LogP contribution in [0.4, 0.5) is 0 Å². The zero-order chi connectivity index (χ0) is 11.5. The van der Waals surface area contributed by atoms with Gasteiger partial charge in [-0.1, -0.05) is 40.2 Å². The lowest BCUT2D eigenvalue weighted by atomic mass is 10.00. The molecule has 0 aliphatic heterocycles. The van der Waals surface area contributed by atoms with E-state index in [1.807, 2.05) is 36.4 Å². The van der Waals surface area contributed by atoms with Gasteiger partial charge in [0.2, 0.25) is 0 Å². The van der Waals surface area contributed by atoms with Crippen molar-refractivity contribution in [2.75, 3.05) is 0 Å². The van der Waals surface area contributed by atoms with E-state index in [1.54, 1.807) is 12.1 Å². The van der Waals surface area contributed by atoms with Crippen molar-refractivity contribution in [2.45, 2.75) is 6.04 Å². The van der Waals surface area contributed by atoms with Crippen LogP contribution >= 0.6 is 15.9 Å². The van der Waals surface area contributed by atoms with E-state index < -0.39 is 0 Å². The van der Waals surface area contributed by atoms with Crippen LogP contribution in [0.3, 0.4) is 0 Å². The lowest BCUT2D eigenvalue weighted by Crippen LogP contribution is -2.11. The molecule has 2 aromatic rings. The van der Waals surface area contributed by atoms with Crippen molar-refractivity contribution >= 4 is 15.9 Å². The van der Waals surface area contributed by atoms with Crippen molar-refractivity contribution in [2.24, 2.45) is 5.73 Å². The van der Waals surface area contributed by atoms with Crippen LogP contribution in [0.15, 0.2) is 53.0 Å². The van der Waals surface area contributed by atoms with Gasteiger partial charge < -0.3 is 10.8 Å². The summed E-state index contributed by atoms with van der Waals surface area (Å²) < 4.78 is 1.01. The van der Waals surface area contributed by atoms with Crippen molar-refractivity contribution in [1.82, 2.24) is 0 Å². The number of phenolic OH excluding ortho intramolecular Hbond substituents is 1. The standard InChI is InChI=1S/C13H12BrNO/c14-11-3-1-2-10(8-11)13(15)9-4-6-12(16)7-5-9/h1-8,13,16H,15H2/t13-/m1/s1. The largest absolute Gasteiger partial charge is 0.508 e. The van der Waals surface area contributed by atoms with Gasteiger partial charge in [0.05, 0.1) is 6.04 Å². The summed E-state index contributed by atoms with van der Waals surface area (Å²) in [6, 6.07) is 14.7. The molecule has 0 fully saturated rings. The predicted molar refractivity (Wildman–Crippen MR) is 68.3 cm³/mol. The maximum Gasteiger partial charge on any atom is 0.115 e. The van der Waals surface area contributed by atoms with E-state index in [1.165, 1.54) is 0 Å². The molecule has 0 heterocycles. The summed E-state index contributed by atoms with van der Waals surface area (Å²) in [5.74, 6) is 0.255. The average Bonchev–Trinajstić information content (AvgIpc) is 2.29. The first-order chi connectivity index (χ1) is 7.66. The summed E-state index contributed by atoms with van der Waals surface area (Å²) in [5.41, 5.74) is 8.16. The normalized spacial score (nSPS) is 12.4. The van der Waals surface area contributed by atoms with Gasteiger partial charge in [-0.25, -0.2) is 0 Å². The zero-order valence-electron chi connectivity index (χ0n) is 8.60. The summed E-state index contributed by atoms with van der Waals surface area (Å²) in [7, 11) is 0. The predicted octanol–water partition coefficient (Wildman–Crippen LogP) is 3.20. The molecule has 0 unspecified atom stereocenters. The first kappa shape index (κ1) is 11.2. The minimum atomic E-state index is -0.168. The molecule has 82 valence electrons. The Labute approximate surface area is 103 Å². The van der Waals surface area contributed by atoms with Gasteiger partial charge in [-0.05, 0) is 35.4 Å². The van der Waals surface area contributed by atoms with Gasteiger partial charge in [-0.3, -0.25) is 0 Å². The first-order valence-corrected chi connectivity index (χ1v) is 5.76. The fourth-order valence-corrected chi connectivity index (χ4v) is 1.99. The molecule has 2 aromatic carbocycles. The Kier molecular flexibility index (Phi) is 3.27. The fraction of sp³-hybridized carbons (Fsp3) is 0.0769. The highest BCUT2D eigenvalue weighted by Gasteiger charge is 2.08. The summed E-state index contributed by atoms with van der Waals surface area (Å²) in [6.45, 7) is 0. The van der Waals surface area contributed by atoms with Gasteiger partial charge in [-0.2, -0.15) is 0 Å².